The molecule has 3 heterocycles. The van der Waals surface area contributed by atoms with Crippen molar-refractivity contribution >= 4 is 28.5 Å². The van der Waals surface area contributed by atoms with E-state index in [0.29, 0.717) is 48.0 Å². The molecule has 2 aliphatic rings. The van der Waals surface area contributed by atoms with Crippen LogP contribution in [0.5, 0.6) is 0 Å². The van der Waals surface area contributed by atoms with Crippen molar-refractivity contribution in [3.63, 3.8) is 0 Å². The zero-order valence-electron chi connectivity index (χ0n) is 21.7. The Morgan fingerprint density at radius 1 is 1.26 bits per heavy atom. The molecule has 8 nitrogen and oxygen atoms in total. The van der Waals surface area contributed by atoms with Crippen molar-refractivity contribution in [3.8, 4) is 0 Å². The highest BCUT2D eigenvalue weighted by atomic mass is 19.4. The number of fused-ring (bicyclic) bond motifs is 1. The minimum absolute atomic E-state index is 0.0308. The molecule has 1 saturated heterocycles. The Hall–Kier alpha value is -3.69. The summed E-state index contributed by atoms with van der Waals surface area (Å²) >= 11 is 0. The van der Waals surface area contributed by atoms with Crippen molar-refractivity contribution in [3.05, 3.63) is 57.8 Å². The van der Waals surface area contributed by atoms with Gasteiger partial charge in [0, 0.05) is 60.8 Å². The first kappa shape index (κ1) is 27.3. The molecule has 1 aromatic heterocycles. The molecular formula is C27H30F3N3O5. The number of dihydropyridines is 1. The van der Waals surface area contributed by atoms with Gasteiger partial charge in [-0.15, -0.1) is 0 Å². The van der Waals surface area contributed by atoms with E-state index in [-0.39, 0.29) is 34.8 Å². The third kappa shape index (κ3) is 5.30. The van der Waals surface area contributed by atoms with Crippen molar-refractivity contribution in [2.24, 2.45) is 0 Å². The summed E-state index contributed by atoms with van der Waals surface area (Å²) in [7, 11) is 1.44. The summed E-state index contributed by atoms with van der Waals surface area (Å²) in [5.74, 6) is 0.394. The predicted molar refractivity (Wildman–Crippen MR) is 135 cm³/mol. The maximum atomic E-state index is 13.6. The van der Waals surface area contributed by atoms with Gasteiger partial charge in [0.15, 0.2) is 5.94 Å². The summed E-state index contributed by atoms with van der Waals surface area (Å²) in [6.45, 7) is 7.05. The van der Waals surface area contributed by atoms with Crippen LogP contribution in [0, 0.1) is 6.92 Å². The van der Waals surface area contributed by atoms with E-state index in [1.54, 1.807) is 26.0 Å². The Balaban J connectivity index is 1.79. The smallest absolute Gasteiger partial charge is 0.449 e. The number of carbonyl (C=O) groups is 1. The van der Waals surface area contributed by atoms with Crippen molar-refractivity contribution in [2.45, 2.75) is 45.8 Å². The number of furan rings is 1. The summed E-state index contributed by atoms with van der Waals surface area (Å²) in [5.41, 5.74) is 2.34. The van der Waals surface area contributed by atoms with Crippen LogP contribution in [-0.2, 0) is 20.4 Å². The number of methoxy groups -OCH3 is 1. The Morgan fingerprint density at radius 3 is 2.58 bits per heavy atom. The normalized spacial score (nSPS) is 16.7. The molecule has 204 valence electrons. The van der Waals surface area contributed by atoms with E-state index in [2.05, 4.69) is 15.5 Å². The van der Waals surface area contributed by atoms with Gasteiger partial charge in [-0.2, -0.15) is 13.2 Å². The Labute approximate surface area is 218 Å². The lowest BCUT2D eigenvalue weighted by molar-refractivity contribution is -0.152. The Morgan fingerprint density at radius 2 is 1.97 bits per heavy atom. The van der Waals surface area contributed by atoms with Crippen LogP contribution in [0.4, 0.5) is 18.9 Å². The van der Waals surface area contributed by atoms with E-state index >= 15 is 0 Å². The van der Waals surface area contributed by atoms with E-state index in [1.807, 2.05) is 12.9 Å². The van der Waals surface area contributed by atoms with Gasteiger partial charge in [0.25, 0.3) is 5.91 Å². The molecule has 0 saturated carbocycles. The number of ether oxygens (including phenoxy) is 2. The van der Waals surface area contributed by atoms with Gasteiger partial charge in [-0.05, 0) is 51.3 Å². The van der Waals surface area contributed by atoms with E-state index in [0.717, 1.165) is 18.9 Å². The van der Waals surface area contributed by atoms with E-state index in [4.69, 9.17) is 13.9 Å². The number of carbonyl (C=O) groups excluding carboxylic acids is 2. The second-order valence-electron chi connectivity index (χ2n) is 9.20. The largest absolute Gasteiger partial charge is 0.496 e. The molecule has 1 aromatic carbocycles. The van der Waals surface area contributed by atoms with Crippen LogP contribution in [0.2, 0.25) is 0 Å². The monoisotopic (exact) mass is 533 g/mol. The first-order chi connectivity index (χ1) is 18.1. The SMILES string of the molecule is CCN(c1cc2oc(C(F)(F)F)cc2c(C(=O)NCC2=C(OC)C=C(C)NC2=C=O)c1C)C1CCOCC1. The van der Waals surface area contributed by atoms with Crippen molar-refractivity contribution in [1.29, 1.82) is 0 Å². The van der Waals surface area contributed by atoms with Gasteiger partial charge in [-0.1, -0.05) is 0 Å². The average molecular weight is 534 g/mol. The second-order valence-corrected chi connectivity index (χ2v) is 9.20. The van der Waals surface area contributed by atoms with Crippen LogP contribution < -0.4 is 15.5 Å². The number of benzene rings is 1. The van der Waals surface area contributed by atoms with Gasteiger partial charge < -0.3 is 29.4 Å². The zero-order chi connectivity index (χ0) is 27.6. The first-order valence-corrected chi connectivity index (χ1v) is 12.3. The van der Waals surface area contributed by atoms with Crippen LogP contribution in [-0.4, -0.2) is 51.3 Å². The molecule has 2 N–H and O–H groups in total. The number of allylic oxidation sites excluding steroid dienone is 2. The molecule has 0 radical (unpaired) electrons. The lowest BCUT2D eigenvalue weighted by atomic mass is 9.97. The molecule has 2 aromatic rings. The van der Waals surface area contributed by atoms with Crippen LogP contribution in [0.1, 0.15) is 48.4 Å². The standard InChI is InChI=1S/C27H30F3N3O5/c1-5-33(17-6-8-37-9-7-17)21-12-23-18(11-24(38-23)27(28,29)30)25(16(21)3)26(35)31-13-19-20(14-34)32-15(2)10-22(19)36-4/h10-12,17,32H,5-9,13H2,1-4H3,(H,31,35). The number of nitrogens with zero attached hydrogens (tertiary/aromatic N) is 1. The van der Waals surface area contributed by atoms with E-state index in [9.17, 15) is 22.8 Å². The summed E-state index contributed by atoms with van der Waals surface area (Å²) in [4.78, 5) is 27.2. The molecule has 1 amide bonds. The van der Waals surface area contributed by atoms with Gasteiger partial charge in [-0.25, -0.2) is 4.79 Å². The maximum Gasteiger partial charge on any atom is 0.449 e. The molecular weight excluding hydrogens is 503 g/mol. The van der Waals surface area contributed by atoms with Crippen molar-refractivity contribution < 1.29 is 36.7 Å². The van der Waals surface area contributed by atoms with Crippen molar-refractivity contribution in [2.75, 3.05) is 38.3 Å². The third-order valence-corrected chi connectivity index (χ3v) is 6.86. The zero-order valence-corrected chi connectivity index (χ0v) is 21.7. The highest BCUT2D eigenvalue weighted by molar-refractivity contribution is 6.09. The van der Waals surface area contributed by atoms with Crippen LogP contribution in [0.3, 0.4) is 0 Å². The fraction of sp³-hybridized carbons (Fsp3) is 0.444. The molecule has 11 heteroatoms. The minimum atomic E-state index is -4.72. The number of anilines is 1. The fourth-order valence-corrected chi connectivity index (χ4v) is 5.04. The summed E-state index contributed by atoms with van der Waals surface area (Å²) in [6.07, 6.45) is -1.53. The quantitative estimate of drug-likeness (QED) is 0.502. The topological polar surface area (TPSA) is 93.0 Å². The predicted octanol–water partition coefficient (Wildman–Crippen LogP) is 4.62. The fourth-order valence-electron chi connectivity index (χ4n) is 5.04. The van der Waals surface area contributed by atoms with Crippen LogP contribution in [0.15, 0.2) is 45.4 Å². The van der Waals surface area contributed by atoms with Gasteiger partial charge in [0.1, 0.15) is 17.0 Å². The minimum Gasteiger partial charge on any atom is -0.496 e. The third-order valence-electron chi connectivity index (χ3n) is 6.86. The Kier molecular flexibility index (Phi) is 7.89. The lowest BCUT2D eigenvalue weighted by Crippen LogP contribution is -2.40. The number of amides is 1. The number of halogens is 3. The lowest BCUT2D eigenvalue weighted by Gasteiger charge is -2.36. The number of alkyl halides is 3. The number of rotatable bonds is 7. The number of nitrogens with one attached hydrogen (secondary N) is 2. The van der Waals surface area contributed by atoms with Gasteiger partial charge in [-0.3, -0.25) is 4.79 Å². The maximum absolute atomic E-state index is 13.6. The molecule has 0 unspecified atom stereocenters. The highest BCUT2D eigenvalue weighted by Gasteiger charge is 2.37. The molecule has 0 atom stereocenters. The van der Waals surface area contributed by atoms with Gasteiger partial charge >= 0.3 is 6.18 Å². The second kappa shape index (κ2) is 11.0. The molecule has 0 bridgehead atoms. The van der Waals surface area contributed by atoms with E-state index < -0.39 is 17.8 Å². The van der Waals surface area contributed by atoms with Crippen molar-refractivity contribution in [1.82, 2.24) is 10.6 Å². The van der Waals surface area contributed by atoms with E-state index in [1.165, 1.54) is 7.11 Å². The molecule has 0 spiro atoms. The molecule has 2 aliphatic heterocycles. The molecule has 38 heavy (non-hydrogen) atoms. The molecule has 4 rings (SSSR count). The molecule has 0 aliphatic carbocycles. The highest BCUT2D eigenvalue weighted by Crippen LogP contribution is 2.39. The summed E-state index contributed by atoms with van der Waals surface area (Å²) in [5, 5.41) is 5.69. The summed E-state index contributed by atoms with van der Waals surface area (Å²) in [6, 6.07) is 2.54. The summed E-state index contributed by atoms with van der Waals surface area (Å²) < 4.78 is 56.8. The van der Waals surface area contributed by atoms with Gasteiger partial charge in [0.2, 0.25) is 5.76 Å². The number of hydrogen-bond donors (Lipinski definition) is 2. The average Bonchev–Trinajstić information content (AvgIpc) is 3.33. The van der Waals surface area contributed by atoms with Crippen LogP contribution in [0.25, 0.3) is 11.0 Å². The number of hydrogen-bond acceptors (Lipinski definition) is 7. The molecule has 1 fully saturated rings. The van der Waals surface area contributed by atoms with Gasteiger partial charge in [0.05, 0.1) is 12.7 Å². The van der Waals surface area contributed by atoms with Crippen LogP contribution >= 0.6 is 0 Å². The Bertz CT molecular complexity index is 1350. The first-order valence-electron chi connectivity index (χ1n) is 12.3.